The van der Waals surface area contributed by atoms with Crippen LogP contribution in [0.5, 0.6) is 0 Å². The van der Waals surface area contributed by atoms with E-state index in [4.69, 9.17) is 20.4 Å². The fourth-order valence-electron chi connectivity index (χ4n) is 1.44. The smallest absolute Gasteiger partial charge is 0.335 e. The summed E-state index contributed by atoms with van der Waals surface area (Å²) in [7, 11) is 0. The largest absolute Gasteiger partial charge is 0.479 e. The zero-order valence-corrected chi connectivity index (χ0v) is 11.7. The molecule has 0 saturated heterocycles. The summed E-state index contributed by atoms with van der Waals surface area (Å²) in [6.07, 6.45) is -18.8. The van der Waals surface area contributed by atoms with Gasteiger partial charge >= 0.3 is 11.9 Å². The molecule has 0 aromatic rings. The van der Waals surface area contributed by atoms with Gasteiger partial charge in [0.1, 0.15) is 30.5 Å². The first-order valence-corrected chi connectivity index (χ1v) is 6.14. The van der Waals surface area contributed by atoms with Gasteiger partial charge < -0.3 is 46.0 Å². The number of carbonyl (C=O) groups is 4. The number of aliphatic hydroxyl groups excluding tert-OH is 7. The van der Waals surface area contributed by atoms with Crippen LogP contribution in [0.15, 0.2) is 0 Å². The summed E-state index contributed by atoms with van der Waals surface area (Å²) in [6.45, 7) is 0. The lowest BCUT2D eigenvalue weighted by atomic mass is 9.94. The van der Waals surface area contributed by atoms with Crippen LogP contribution in [-0.2, 0) is 19.2 Å². The number of rotatable bonds is 10. The summed E-state index contributed by atoms with van der Waals surface area (Å²) >= 11 is 0. The number of aliphatic hydroxyl groups is 7. The van der Waals surface area contributed by atoms with Crippen molar-refractivity contribution in [3.05, 3.63) is 0 Å². The lowest BCUT2D eigenvalue weighted by Gasteiger charge is -2.25. The minimum atomic E-state index is -2.81. The molecular weight excluding hydrogens is 340 g/mol. The quantitative estimate of drug-likeness (QED) is 0.165. The van der Waals surface area contributed by atoms with Gasteiger partial charge in [0.2, 0.25) is 11.6 Å². The maximum atomic E-state index is 11.5. The van der Waals surface area contributed by atoms with Gasteiger partial charge in [-0.2, -0.15) is 0 Å². The van der Waals surface area contributed by atoms with E-state index < -0.39 is 66.2 Å². The Balaban J connectivity index is 5.09. The number of aliphatic carboxylic acids is 2. The van der Waals surface area contributed by atoms with Gasteiger partial charge in [0.05, 0.1) is 0 Å². The van der Waals surface area contributed by atoms with Gasteiger partial charge in [0.25, 0.3) is 0 Å². The van der Waals surface area contributed by atoms with Gasteiger partial charge in [-0.05, 0) is 0 Å². The zero-order valence-electron chi connectivity index (χ0n) is 11.7. The van der Waals surface area contributed by atoms with Crippen LogP contribution >= 0.6 is 0 Å². The van der Waals surface area contributed by atoms with Crippen LogP contribution in [0.2, 0.25) is 0 Å². The molecule has 9 N–H and O–H groups in total. The number of hydrogen-bond acceptors (Lipinski definition) is 11. The molecule has 138 valence electrons. The monoisotopic (exact) mass is 356 g/mol. The summed E-state index contributed by atoms with van der Waals surface area (Å²) in [6, 6.07) is 0. The van der Waals surface area contributed by atoms with E-state index in [1.165, 1.54) is 0 Å². The van der Waals surface area contributed by atoms with Crippen molar-refractivity contribution in [3.8, 4) is 0 Å². The number of ketones is 2. The molecular formula is C11H16O13. The maximum absolute atomic E-state index is 11.5. The molecule has 13 heteroatoms. The van der Waals surface area contributed by atoms with Gasteiger partial charge in [-0.25, -0.2) is 9.59 Å². The van der Waals surface area contributed by atoms with Crippen LogP contribution in [0.1, 0.15) is 0 Å². The minimum absolute atomic E-state index is 2.02. The standard InChI is InChI=1S/C11H16O13/c12-1(2(13)4(15)6(17)8(19)10(21)22)3(14)5(16)7(18)9(20)11(23)24/h2,4-9,13,15-20H,(H,21,22)(H,23,24). The van der Waals surface area contributed by atoms with E-state index in [2.05, 4.69) is 0 Å². The molecule has 0 bridgehead atoms. The van der Waals surface area contributed by atoms with E-state index in [0.29, 0.717) is 0 Å². The molecule has 0 aromatic carbocycles. The Morgan fingerprint density at radius 1 is 0.458 bits per heavy atom. The number of Topliss-reactive ketones (excluding diaryl/α,β-unsaturated/α-hetero) is 2. The van der Waals surface area contributed by atoms with Crippen molar-refractivity contribution in [1.82, 2.24) is 0 Å². The highest BCUT2D eigenvalue weighted by Gasteiger charge is 2.43. The summed E-state index contributed by atoms with van der Waals surface area (Å²) in [4.78, 5) is 43.8. The summed E-state index contributed by atoms with van der Waals surface area (Å²) in [5.41, 5.74) is 0. The third-order valence-electron chi connectivity index (χ3n) is 2.93. The summed E-state index contributed by atoms with van der Waals surface area (Å²) < 4.78 is 0. The highest BCUT2D eigenvalue weighted by Crippen LogP contribution is 2.10. The van der Waals surface area contributed by atoms with Crippen LogP contribution in [0.4, 0.5) is 0 Å². The Bertz CT molecular complexity index is 502. The highest BCUT2D eigenvalue weighted by molar-refractivity contribution is 6.40. The van der Waals surface area contributed by atoms with E-state index >= 15 is 0 Å². The average Bonchev–Trinajstić information content (AvgIpc) is 2.55. The third-order valence-corrected chi connectivity index (χ3v) is 2.93. The number of hydrogen-bond donors (Lipinski definition) is 9. The van der Waals surface area contributed by atoms with Crippen molar-refractivity contribution in [3.63, 3.8) is 0 Å². The average molecular weight is 356 g/mol. The van der Waals surface area contributed by atoms with Crippen LogP contribution in [-0.4, -0.2) is 112 Å². The van der Waals surface area contributed by atoms with Gasteiger partial charge in [0.15, 0.2) is 12.2 Å². The molecule has 0 radical (unpaired) electrons. The SMILES string of the molecule is O=C(O)C(O)C(O)C(O)C(=O)C(=O)C(O)C(O)C(O)C(O)C(=O)O. The maximum Gasteiger partial charge on any atom is 0.335 e. The van der Waals surface area contributed by atoms with E-state index in [0.717, 1.165) is 0 Å². The first-order chi connectivity index (χ1) is 10.8. The molecule has 0 amide bonds. The van der Waals surface area contributed by atoms with Crippen LogP contribution in [0.3, 0.4) is 0 Å². The second kappa shape index (κ2) is 8.74. The lowest BCUT2D eigenvalue weighted by molar-refractivity contribution is -0.170. The molecule has 0 rings (SSSR count). The van der Waals surface area contributed by atoms with Crippen molar-refractivity contribution in [2.45, 2.75) is 42.7 Å². The predicted octanol–water partition coefficient (Wildman–Crippen LogP) is -6.18. The fourth-order valence-corrected chi connectivity index (χ4v) is 1.44. The van der Waals surface area contributed by atoms with Crippen molar-refractivity contribution in [2.75, 3.05) is 0 Å². The molecule has 13 nitrogen and oxygen atoms in total. The number of carbonyl (C=O) groups excluding carboxylic acids is 2. The molecule has 0 saturated carbocycles. The van der Waals surface area contributed by atoms with Gasteiger partial charge in [-0.15, -0.1) is 0 Å². The molecule has 0 aliphatic carbocycles. The summed E-state index contributed by atoms with van der Waals surface area (Å²) in [5.74, 6) is -8.13. The normalized spacial score (nSPS) is 20.1. The Morgan fingerprint density at radius 3 is 1.04 bits per heavy atom. The molecule has 7 unspecified atom stereocenters. The Morgan fingerprint density at radius 2 is 0.708 bits per heavy atom. The molecule has 0 heterocycles. The van der Waals surface area contributed by atoms with Gasteiger partial charge in [0, 0.05) is 0 Å². The second-order valence-corrected chi connectivity index (χ2v) is 4.66. The van der Waals surface area contributed by atoms with Gasteiger partial charge in [-0.3, -0.25) is 9.59 Å². The van der Waals surface area contributed by atoms with Crippen molar-refractivity contribution in [1.29, 1.82) is 0 Å². The molecule has 7 atom stereocenters. The molecule has 0 aliphatic rings. The third kappa shape index (κ3) is 5.00. The highest BCUT2D eigenvalue weighted by atomic mass is 16.4. The van der Waals surface area contributed by atoms with Gasteiger partial charge in [-0.1, -0.05) is 0 Å². The van der Waals surface area contributed by atoms with Crippen LogP contribution in [0.25, 0.3) is 0 Å². The van der Waals surface area contributed by atoms with Crippen molar-refractivity contribution in [2.24, 2.45) is 0 Å². The van der Waals surface area contributed by atoms with Crippen LogP contribution < -0.4 is 0 Å². The second-order valence-electron chi connectivity index (χ2n) is 4.66. The minimum Gasteiger partial charge on any atom is -0.479 e. The van der Waals surface area contributed by atoms with Crippen molar-refractivity contribution >= 4 is 23.5 Å². The summed E-state index contributed by atoms with van der Waals surface area (Å²) in [5, 5.41) is 81.2. The number of carboxylic acids is 2. The first kappa shape index (κ1) is 22.0. The molecule has 0 aromatic heterocycles. The molecule has 0 spiro atoms. The van der Waals surface area contributed by atoms with Crippen molar-refractivity contribution < 1.29 is 65.1 Å². The Kier molecular flexibility index (Phi) is 8.01. The lowest BCUT2D eigenvalue weighted by Crippen LogP contribution is -2.54. The zero-order chi connectivity index (χ0) is 19.4. The molecule has 24 heavy (non-hydrogen) atoms. The molecule has 0 aliphatic heterocycles. The Hall–Kier alpha value is -2.00. The first-order valence-electron chi connectivity index (χ1n) is 6.14. The number of carboxylic acid groups (broad SMARTS) is 2. The predicted molar refractivity (Wildman–Crippen MR) is 67.3 cm³/mol. The fraction of sp³-hybridized carbons (Fsp3) is 0.636. The van der Waals surface area contributed by atoms with E-state index in [9.17, 15) is 44.7 Å². The molecule has 0 fully saturated rings. The van der Waals surface area contributed by atoms with E-state index in [1.807, 2.05) is 0 Å². The van der Waals surface area contributed by atoms with E-state index in [-0.39, 0.29) is 0 Å². The topological polar surface area (TPSA) is 250 Å². The van der Waals surface area contributed by atoms with Crippen LogP contribution in [0, 0.1) is 0 Å². The van der Waals surface area contributed by atoms with E-state index in [1.54, 1.807) is 0 Å². The Labute approximate surface area is 132 Å².